The van der Waals surface area contributed by atoms with Crippen LogP contribution >= 0.6 is 0 Å². The molecule has 5 rings (SSSR count). The highest BCUT2D eigenvalue weighted by atomic mass is 19.4. The molecule has 280 valence electrons. The first-order chi connectivity index (χ1) is 23.8. The van der Waals surface area contributed by atoms with Gasteiger partial charge in [-0.2, -0.15) is 17.6 Å². The molecule has 0 atom stereocenters. The maximum Gasteiger partial charge on any atom is 0.527 e. The SMILES string of the molecule is CCCC1CCC(C2COC(c3cc(F)c(-c4cc(F)c(C(F)(F)Oc5cc(F)c(C(F)(F)OC(F)(F)F)c(F)c5)c(F)c4)c(F)c3)OC2)CC1. The first kappa shape index (κ1) is 38.7. The average molecular weight is 749 g/mol. The maximum atomic E-state index is 15.2. The fraction of sp³-hybridized carbons (Fsp3) is 0.471. The molecular weight excluding hydrogens is 719 g/mol. The van der Waals surface area contributed by atoms with Gasteiger partial charge in [-0.1, -0.05) is 32.6 Å². The Morgan fingerprint density at radius 2 is 1.12 bits per heavy atom. The highest BCUT2D eigenvalue weighted by Gasteiger charge is 2.50. The van der Waals surface area contributed by atoms with Crippen LogP contribution in [0.25, 0.3) is 11.1 Å². The molecule has 4 nitrogen and oxygen atoms in total. The van der Waals surface area contributed by atoms with Crippen molar-refractivity contribution in [2.75, 3.05) is 13.2 Å². The minimum Gasteiger partial charge on any atom is -0.429 e. The summed E-state index contributed by atoms with van der Waals surface area (Å²) in [6.07, 6.45) is -11.5. The van der Waals surface area contributed by atoms with Gasteiger partial charge >= 0.3 is 18.6 Å². The van der Waals surface area contributed by atoms with Gasteiger partial charge in [-0.3, -0.25) is 0 Å². The smallest absolute Gasteiger partial charge is 0.429 e. The quantitative estimate of drug-likeness (QED) is 0.194. The molecular formula is C34H29F13O4. The maximum absolute atomic E-state index is 15.2. The van der Waals surface area contributed by atoms with Crippen LogP contribution in [0, 0.1) is 52.7 Å². The van der Waals surface area contributed by atoms with E-state index < -0.39 is 99.9 Å². The first-order valence-corrected chi connectivity index (χ1v) is 15.7. The van der Waals surface area contributed by atoms with Crippen LogP contribution in [0.5, 0.6) is 5.75 Å². The number of halogens is 13. The molecule has 0 spiro atoms. The molecule has 2 aliphatic rings. The van der Waals surface area contributed by atoms with Crippen molar-refractivity contribution in [3.8, 4) is 16.9 Å². The number of ether oxygens (including phenoxy) is 4. The molecule has 3 aromatic carbocycles. The molecule has 0 N–H and O–H groups in total. The molecule has 0 aromatic heterocycles. The fourth-order valence-electron chi connectivity index (χ4n) is 6.62. The van der Waals surface area contributed by atoms with Gasteiger partial charge in [0.25, 0.3) is 0 Å². The number of rotatable bonds is 10. The summed E-state index contributed by atoms with van der Waals surface area (Å²) in [6, 6.07) is 0.991. The van der Waals surface area contributed by atoms with Gasteiger partial charge < -0.3 is 14.2 Å². The second-order valence-electron chi connectivity index (χ2n) is 12.4. The van der Waals surface area contributed by atoms with E-state index in [1.165, 1.54) is 6.42 Å². The van der Waals surface area contributed by atoms with Crippen LogP contribution in [-0.4, -0.2) is 19.6 Å². The molecule has 1 heterocycles. The van der Waals surface area contributed by atoms with E-state index in [-0.39, 0.29) is 36.8 Å². The average Bonchev–Trinajstić information content (AvgIpc) is 2.99. The predicted octanol–water partition coefficient (Wildman–Crippen LogP) is 11.2. The molecule has 1 aliphatic heterocycles. The first-order valence-electron chi connectivity index (χ1n) is 15.7. The predicted molar refractivity (Wildman–Crippen MR) is 152 cm³/mol. The Hall–Kier alpha value is -3.57. The van der Waals surface area contributed by atoms with Crippen molar-refractivity contribution in [3.05, 3.63) is 88.0 Å². The van der Waals surface area contributed by atoms with Crippen molar-refractivity contribution in [3.63, 3.8) is 0 Å². The fourth-order valence-corrected chi connectivity index (χ4v) is 6.62. The molecule has 1 saturated heterocycles. The molecule has 0 amide bonds. The van der Waals surface area contributed by atoms with Gasteiger partial charge in [0.1, 0.15) is 51.8 Å². The van der Waals surface area contributed by atoms with Crippen molar-refractivity contribution < 1.29 is 76.0 Å². The van der Waals surface area contributed by atoms with E-state index in [9.17, 15) is 48.3 Å². The second kappa shape index (κ2) is 14.8. The third-order valence-corrected chi connectivity index (χ3v) is 8.93. The molecule has 1 aliphatic carbocycles. The van der Waals surface area contributed by atoms with Gasteiger partial charge in [-0.05, 0) is 54.5 Å². The van der Waals surface area contributed by atoms with E-state index in [0.29, 0.717) is 11.8 Å². The topological polar surface area (TPSA) is 36.9 Å². The summed E-state index contributed by atoms with van der Waals surface area (Å²) in [7, 11) is 0. The van der Waals surface area contributed by atoms with Crippen molar-refractivity contribution in [1.82, 2.24) is 0 Å². The minimum absolute atomic E-state index is 0.0874. The zero-order chi connectivity index (χ0) is 37.5. The van der Waals surface area contributed by atoms with Gasteiger partial charge in [0.2, 0.25) is 0 Å². The lowest BCUT2D eigenvalue weighted by Crippen LogP contribution is -2.34. The Labute approximate surface area is 282 Å². The lowest BCUT2D eigenvalue weighted by atomic mass is 9.75. The lowest BCUT2D eigenvalue weighted by Gasteiger charge is -2.37. The van der Waals surface area contributed by atoms with E-state index in [0.717, 1.165) is 44.2 Å². The van der Waals surface area contributed by atoms with E-state index >= 15 is 8.78 Å². The summed E-state index contributed by atoms with van der Waals surface area (Å²) in [5.41, 5.74) is -6.85. The van der Waals surface area contributed by atoms with E-state index in [4.69, 9.17) is 9.47 Å². The van der Waals surface area contributed by atoms with Crippen molar-refractivity contribution >= 4 is 0 Å². The highest BCUT2D eigenvalue weighted by Crippen LogP contribution is 2.43. The minimum atomic E-state index is -6.07. The van der Waals surface area contributed by atoms with E-state index in [1.54, 1.807) is 0 Å². The largest absolute Gasteiger partial charge is 0.527 e. The molecule has 0 radical (unpaired) electrons. The standard InChI is InChI=1S/C34H29F13O4/c1-2-3-16-4-6-17(7-5-16)20-14-48-31(49-15-20)19-10-22(35)28(23(36)11-19)18-8-24(37)29(25(38)9-18)32(41,42)50-21-12-26(39)30(27(40)13-21)33(43,44)51-34(45,46)47/h8-13,16-17,20,31H,2-7,14-15H2,1H3. The molecule has 2 fully saturated rings. The molecule has 1 saturated carbocycles. The Kier molecular flexibility index (Phi) is 11.2. The lowest BCUT2D eigenvalue weighted by molar-refractivity contribution is -0.432. The normalized spacial score (nSPS) is 21.9. The number of hydrogen-bond acceptors (Lipinski definition) is 4. The van der Waals surface area contributed by atoms with Gasteiger partial charge in [-0.15, -0.1) is 13.2 Å². The molecule has 3 aromatic rings. The van der Waals surface area contributed by atoms with Gasteiger partial charge in [0.05, 0.1) is 18.8 Å². The Morgan fingerprint density at radius 1 is 0.627 bits per heavy atom. The summed E-state index contributed by atoms with van der Waals surface area (Å²) in [5.74, 6) is -12.7. The summed E-state index contributed by atoms with van der Waals surface area (Å²) < 4.78 is 200. The zero-order valence-electron chi connectivity index (χ0n) is 26.5. The number of alkyl halides is 7. The number of hydrogen-bond donors (Lipinski definition) is 0. The highest BCUT2D eigenvalue weighted by molar-refractivity contribution is 5.66. The van der Waals surface area contributed by atoms with Crippen molar-refractivity contribution in [2.45, 2.75) is 70.3 Å². The van der Waals surface area contributed by atoms with E-state index in [1.807, 2.05) is 0 Å². The Bertz CT molecular complexity index is 1640. The molecule has 0 unspecified atom stereocenters. The third-order valence-electron chi connectivity index (χ3n) is 8.93. The van der Waals surface area contributed by atoms with Crippen LogP contribution < -0.4 is 4.74 Å². The third kappa shape index (κ3) is 8.74. The second-order valence-corrected chi connectivity index (χ2v) is 12.4. The van der Waals surface area contributed by atoms with Crippen LogP contribution in [-0.2, 0) is 26.4 Å². The van der Waals surface area contributed by atoms with Gasteiger partial charge in [0.15, 0.2) is 6.29 Å². The Morgan fingerprint density at radius 3 is 1.61 bits per heavy atom. The molecule has 17 heteroatoms. The van der Waals surface area contributed by atoms with Gasteiger partial charge in [0, 0.05) is 23.6 Å². The van der Waals surface area contributed by atoms with Crippen molar-refractivity contribution in [2.24, 2.45) is 17.8 Å². The van der Waals surface area contributed by atoms with Crippen LogP contribution in [0.15, 0.2) is 36.4 Å². The van der Waals surface area contributed by atoms with Gasteiger partial charge in [-0.25, -0.2) is 31.1 Å². The number of benzene rings is 3. The van der Waals surface area contributed by atoms with Crippen LogP contribution in [0.3, 0.4) is 0 Å². The molecule has 0 bridgehead atoms. The van der Waals surface area contributed by atoms with Crippen LogP contribution in [0.2, 0.25) is 0 Å². The monoisotopic (exact) mass is 748 g/mol. The van der Waals surface area contributed by atoms with Crippen molar-refractivity contribution in [1.29, 1.82) is 0 Å². The van der Waals surface area contributed by atoms with E-state index in [2.05, 4.69) is 16.4 Å². The Balaban J connectivity index is 1.31. The summed E-state index contributed by atoms with van der Waals surface area (Å²) in [5, 5.41) is 0. The molecule has 51 heavy (non-hydrogen) atoms. The summed E-state index contributed by atoms with van der Waals surface area (Å²) in [4.78, 5) is 0. The van der Waals surface area contributed by atoms with Crippen LogP contribution in [0.1, 0.15) is 68.4 Å². The van der Waals surface area contributed by atoms with Crippen LogP contribution in [0.4, 0.5) is 57.1 Å². The zero-order valence-corrected chi connectivity index (χ0v) is 26.5. The summed E-state index contributed by atoms with van der Waals surface area (Å²) >= 11 is 0. The summed E-state index contributed by atoms with van der Waals surface area (Å²) in [6.45, 7) is 2.69.